The number of nitrogens with two attached hydrogens (primary N) is 1. The van der Waals surface area contributed by atoms with Crippen LogP contribution in [0, 0.1) is 0 Å². The standard InChI is InChI=1S/C18H25ClN4O.ClH/c1-3-5-8-14(11-20)22-18(24)16-12-21-23(17(16)4-2)15-9-6-7-13(19)10-15;/h6-7,9-10,12,14H,3-5,8,11,20H2,1-2H3,(H,22,24);1H. The summed E-state index contributed by atoms with van der Waals surface area (Å²) in [7, 11) is 0. The van der Waals surface area contributed by atoms with E-state index in [0.717, 1.165) is 30.6 Å². The van der Waals surface area contributed by atoms with Gasteiger partial charge in [-0.2, -0.15) is 5.10 Å². The quantitative estimate of drug-likeness (QED) is 0.727. The predicted octanol–water partition coefficient (Wildman–Crippen LogP) is 3.76. The van der Waals surface area contributed by atoms with Crippen molar-refractivity contribution in [1.82, 2.24) is 15.1 Å². The molecule has 0 aliphatic rings. The van der Waals surface area contributed by atoms with Crippen molar-refractivity contribution in [1.29, 1.82) is 0 Å². The third-order valence-corrected chi connectivity index (χ3v) is 4.26. The number of halogens is 2. The molecule has 0 aliphatic heterocycles. The Morgan fingerprint density at radius 3 is 2.76 bits per heavy atom. The zero-order chi connectivity index (χ0) is 17.5. The summed E-state index contributed by atoms with van der Waals surface area (Å²) in [6.07, 6.45) is 5.33. The van der Waals surface area contributed by atoms with Gasteiger partial charge in [0.2, 0.25) is 0 Å². The highest BCUT2D eigenvalue weighted by Crippen LogP contribution is 2.19. The summed E-state index contributed by atoms with van der Waals surface area (Å²) >= 11 is 6.06. The highest BCUT2D eigenvalue weighted by atomic mass is 35.5. The van der Waals surface area contributed by atoms with E-state index in [2.05, 4.69) is 17.3 Å². The highest BCUT2D eigenvalue weighted by Gasteiger charge is 2.19. The summed E-state index contributed by atoms with van der Waals surface area (Å²) in [5, 5.41) is 8.04. The normalized spacial score (nSPS) is 11.7. The average Bonchev–Trinajstić information content (AvgIpc) is 3.02. The number of aromatic nitrogens is 2. The van der Waals surface area contributed by atoms with Gasteiger partial charge in [-0.25, -0.2) is 4.68 Å². The van der Waals surface area contributed by atoms with Gasteiger partial charge in [0.15, 0.2) is 0 Å². The zero-order valence-electron chi connectivity index (χ0n) is 14.7. The number of amides is 1. The molecule has 25 heavy (non-hydrogen) atoms. The second kappa shape index (κ2) is 10.4. The van der Waals surface area contributed by atoms with E-state index in [1.165, 1.54) is 0 Å². The number of rotatable bonds is 8. The number of carbonyl (C=O) groups is 1. The van der Waals surface area contributed by atoms with Crippen LogP contribution in [0.25, 0.3) is 5.69 Å². The number of hydrogen-bond acceptors (Lipinski definition) is 3. The van der Waals surface area contributed by atoms with Crippen molar-refractivity contribution in [3.8, 4) is 5.69 Å². The number of nitrogens with zero attached hydrogens (tertiary/aromatic N) is 2. The van der Waals surface area contributed by atoms with Gasteiger partial charge in [0.05, 0.1) is 23.1 Å². The van der Waals surface area contributed by atoms with E-state index >= 15 is 0 Å². The van der Waals surface area contributed by atoms with Crippen LogP contribution >= 0.6 is 24.0 Å². The Balaban J connectivity index is 0.00000312. The lowest BCUT2D eigenvalue weighted by atomic mass is 10.1. The van der Waals surface area contributed by atoms with Crippen LogP contribution in [0.4, 0.5) is 0 Å². The molecule has 2 aromatic rings. The Hall–Kier alpha value is -1.56. The number of hydrogen-bond donors (Lipinski definition) is 2. The highest BCUT2D eigenvalue weighted by molar-refractivity contribution is 6.30. The fraction of sp³-hybridized carbons (Fsp3) is 0.444. The first-order chi connectivity index (χ1) is 11.6. The van der Waals surface area contributed by atoms with E-state index in [9.17, 15) is 4.79 Å². The van der Waals surface area contributed by atoms with Gasteiger partial charge in [0, 0.05) is 17.6 Å². The van der Waals surface area contributed by atoms with Gasteiger partial charge in [-0.3, -0.25) is 4.79 Å². The molecule has 0 fully saturated rings. The molecule has 0 saturated carbocycles. The molecule has 0 bridgehead atoms. The molecule has 1 aromatic carbocycles. The molecule has 1 amide bonds. The van der Waals surface area contributed by atoms with Crippen LogP contribution in [0.5, 0.6) is 0 Å². The maximum atomic E-state index is 12.6. The lowest BCUT2D eigenvalue weighted by Crippen LogP contribution is -2.40. The van der Waals surface area contributed by atoms with Crippen LogP contribution in [0.3, 0.4) is 0 Å². The van der Waals surface area contributed by atoms with Crippen molar-refractivity contribution in [3.05, 3.63) is 46.7 Å². The largest absolute Gasteiger partial charge is 0.348 e. The number of carbonyl (C=O) groups excluding carboxylic acids is 1. The van der Waals surface area contributed by atoms with Crippen LogP contribution in [0.1, 0.15) is 49.2 Å². The Bertz CT molecular complexity index is 687. The second-order valence-electron chi connectivity index (χ2n) is 5.80. The van der Waals surface area contributed by atoms with E-state index in [0.29, 0.717) is 23.6 Å². The van der Waals surface area contributed by atoms with Crippen LogP contribution in [-0.4, -0.2) is 28.3 Å². The van der Waals surface area contributed by atoms with Crippen molar-refractivity contribution in [2.75, 3.05) is 6.54 Å². The molecule has 1 unspecified atom stereocenters. The number of unbranched alkanes of at least 4 members (excludes halogenated alkanes) is 1. The summed E-state index contributed by atoms with van der Waals surface area (Å²) in [4.78, 5) is 12.6. The second-order valence-corrected chi connectivity index (χ2v) is 6.23. The molecule has 0 saturated heterocycles. The Labute approximate surface area is 160 Å². The molecule has 7 heteroatoms. The smallest absolute Gasteiger partial charge is 0.255 e. The van der Waals surface area contributed by atoms with Gasteiger partial charge in [-0.05, 0) is 31.0 Å². The lowest BCUT2D eigenvalue weighted by molar-refractivity contribution is 0.0935. The Morgan fingerprint density at radius 1 is 1.40 bits per heavy atom. The molecule has 1 heterocycles. The van der Waals surface area contributed by atoms with Gasteiger partial charge in [-0.1, -0.05) is 44.4 Å². The molecule has 0 radical (unpaired) electrons. The molecule has 0 aliphatic carbocycles. The maximum Gasteiger partial charge on any atom is 0.255 e. The first-order valence-electron chi connectivity index (χ1n) is 8.44. The molecule has 5 nitrogen and oxygen atoms in total. The Morgan fingerprint density at radius 2 is 2.16 bits per heavy atom. The summed E-state index contributed by atoms with van der Waals surface area (Å²) in [6, 6.07) is 7.43. The molecule has 138 valence electrons. The van der Waals surface area contributed by atoms with Crippen molar-refractivity contribution in [2.24, 2.45) is 5.73 Å². The summed E-state index contributed by atoms with van der Waals surface area (Å²) in [6.45, 7) is 4.57. The minimum absolute atomic E-state index is 0. The fourth-order valence-electron chi connectivity index (χ4n) is 2.70. The minimum atomic E-state index is -0.119. The van der Waals surface area contributed by atoms with E-state index in [-0.39, 0.29) is 24.4 Å². The predicted molar refractivity (Wildman–Crippen MR) is 105 cm³/mol. The van der Waals surface area contributed by atoms with Crippen LogP contribution < -0.4 is 11.1 Å². The van der Waals surface area contributed by atoms with Crippen LogP contribution in [-0.2, 0) is 6.42 Å². The summed E-state index contributed by atoms with van der Waals surface area (Å²) in [5.41, 5.74) is 8.07. The van der Waals surface area contributed by atoms with Crippen molar-refractivity contribution in [3.63, 3.8) is 0 Å². The van der Waals surface area contributed by atoms with Gasteiger partial charge in [0.1, 0.15) is 0 Å². The summed E-state index contributed by atoms with van der Waals surface area (Å²) < 4.78 is 1.77. The third-order valence-electron chi connectivity index (χ3n) is 4.03. The first kappa shape index (κ1) is 21.5. The molecule has 0 spiro atoms. The van der Waals surface area contributed by atoms with Gasteiger partial charge < -0.3 is 11.1 Å². The lowest BCUT2D eigenvalue weighted by Gasteiger charge is -2.16. The van der Waals surface area contributed by atoms with Crippen molar-refractivity contribution in [2.45, 2.75) is 45.6 Å². The zero-order valence-corrected chi connectivity index (χ0v) is 16.2. The van der Waals surface area contributed by atoms with E-state index in [1.54, 1.807) is 10.9 Å². The SMILES string of the molecule is CCCCC(CN)NC(=O)c1cnn(-c2cccc(Cl)c2)c1CC.Cl. The van der Waals surface area contributed by atoms with Gasteiger partial charge in [0.25, 0.3) is 5.91 Å². The van der Waals surface area contributed by atoms with E-state index in [1.807, 2.05) is 31.2 Å². The maximum absolute atomic E-state index is 12.6. The average molecular weight is 385 g/mol. The molecular weight excluding hydrogens is 359 g/mol. The number of benzene rings is 1. The minimum Gasteiger partial charge on any atom is -0.348 e. The first-order valence-corrected chi connectivity index (χ1v) is 8.82. The van der Waals surface area contributed by atoms with Crippen LogP contribution in [0.2, 0.25) is 5.02 Å². The molecule has 2 rings (SSSR count). The Kier molecular flexibility index (Phi) is 8.97. The molecule has 1 aromatic heterocycles. The fourth-order valence-corrected chi connectivity index (χ4v) is 2.88. The topological polar surface area (TPSA) is 72.9 Å². The monoisotopic (exact) mass is 384 g/mol. The van der Waals surface area contributed by atoms with Crippen molar-refractivity contribution < 1.29 is 4.79 Å². The summed E-state index contributed by atoms with van der Waals surface area (Å²) in [5.74, 6) is -0.119. The van der Waals surface area contributed by atoms with E-state index in [4.69, 9.17) is 17.3 Å². The van der Waals surface area contributed by atoms with Gasteiger partial charge >= 0.3 is 0 Å². The molecule has 1 atom stereocenters. The number of nitrogens with one attached hydrogen (secondary N) is 1. The van der Waals surface area contributed by atoms with E-state index < -0.39 is 0 Å². The molecule has 3 N–H and O–H groups in total. The molecular formula is C18H26Cl2N4O. The van der Waals surface area contributed by atoms with Crippen molar-refractivity contribution >= 4 is 29.9 Å². The van der Waals surface area contributed by atoms with Crippen LogP contribution in [0.15, 0.2) is 30.5 Å². The third kappa shape index (κ3) is 5.46. The van der Waals surface area contributed by atoms with Gasteiger partial charge in [-0.15, -0.1) is 12.4 Å².